The molecule has 17 heavy (non-hydrogen) atoms. The van der Waals surface area contributed by atoms with Crippen LogP contribution in [0.2, 0.25) is 0 Å². The van der Waals surface area contributed by atoms with Crippen molar-refractivity contribution in [3.05, 3.63) is 0 Å². The summed E-state index contributed by atoms with van der Waals surface area (Å²) >= 11 is 0. The fourth-order valence-corrected chi connectivity index (χ4v) is 2.35. The Hall–Kier alpha value is -1.14. The van der Waals surface area contributed by atoms with Gasteiger partial charge in [0, 0.05) is 13.6 Å². The minimum absolute atomic E-state index is 0.0272. The van der Waals surface area contributed by atoms with Crippen molar-refractivity contribution >= 4 is 11.8 Å². The quantitative estimate of drug-likeness (QED) is 0.631. The Kier molecular flexibility index (Phi) is 3.96. The molecule has 0 radical (unpaired) electrons. The molecule has 6 heteroatoms. The van der Waals surface area contributed by atoms with E-state index in [1.54, 1.807) is 11.9 Å². The molecule has 0 aromatic carbocycles. The molecule has 2 N–H and O–H groups in total. The lowest BCUT2D eigenvalue weighted by molar-refractivity contribution is -0.149. The predicted octanol–water partition coefficient (Wildman–Crippen LogP) is -1.29. The molecule has 2 amide bonds. The van der Waals surface area contributed by atoms with Crippen molar-refractivity contribution in [2.45, 2.75) is 24.9 Å². The van der Waals surface area contributed by atoms with Crippen LogP contribution >= 0.6 is 0 Å². The van der Waals surface area contributed by atoms with Gasteiger partial charge < -0.3 is 20.3 Å². The molecular weight excluding hydrogens is 222 g/mol. The van der Waals surface area contributed by atoms with Crippen molar-refractivity contribution in [2.75, 3.05) is 33.4 Å². The van der Waals surface area contributed by atoms with Gasteiger partial charge in [0.15, 0.2) is 0 Å². The van der Waals surface area contributed by atoms with E-state index in [0.717, 1.165) is 19.4 Å². The lowest BCUT2D eigenvalue weighted by Gasteiger charge is -2.35. The number of rotatable bonds is 2. The van der Waals surface area contributed by atoms with Crippen LogP contribution in [0.3, 0.4) is 0 Å². The van der Waals surface area contributed by atoms with Crippen LogP contribution in [-0.4, -0.2) is 62.1 Å². The summed E-state index contributed by atoms with van der Waals surface area (Å²) in [6.45, 7) is 2.17. The van der Waals surface area contributed by atoms with Gasteiger partial charge in [-0.2, -0.15) is 0 Å². The summed E-state index contributed by atoms with van der Waals surface area (Å²) in [4.78, 5) is 25.6. The highest BCUT2D eigenvalue weighted by Crippen LogP contribution is 2.14. The first kappa shape index (κ1) is 12.3. The number of carbonyl (C=O) groups is 2. The molecule has 0 aliphatic carbocycles. The van der Waals surface area contributed by atoms with Crippen molar-refractivity contribution < 1.29 is 14.3 Å². The molecular formula is C11H19N3O3. The molecule has 0 aromatic rings. The van der Waals surface area contributed by atoms with Crippen LogP contribution < -0.4 is 10.6 Å². The lowest BCUT2D eigenvalue weighted by atomic mass is 10.1. The summed E-state index contributed by atoms with van der Waals surface area (Å²) < 4.78 is 5.27. The fraction of sp³-hybridized carbons (Fsp3) is 0.818. The van der Waals surface area contributed by atoms with Gasteiger partial charge in [-0.1, -0.05) is 0 Å². The first-order chi connectivity index (χ1) is 8.24. The Morgan fingerprint density at radius 1 is 1.47 bits per heavy atom. The Morgan fingerprint density at radius 3 is 2.94 bits per heavy atom. The van der Waals surface area contributed by atoms with Crippen LogP contribution in [0.25, 0.3) is 0 Å². The van der Waals surface area contributed by atoms with Gasteiger partial charge in [-0.15, -0.1) is 0 Å². The highest BCUT2D eigenvalue weighted by atomic mass is 16.5. The van der Waals surface area contributed by atoms with Gasteiger partial charge in [0.05, 0.1) is 19.3 Å². The van der Waals surface area contributed by atoms with Crippen LogP contribution in [0.1, 0.15) is 12.8 Å². The zero-order valence-electron chi connectivity index (χ0n) is 10.1. The van der Waals surface area contributed by atoms with E-state index >= 15 is 0 Å². The second kappa shape index (κ2) is 5.46. The molecule has 2 saturated heterocycles. The third-order valence-corrected chi connectivity index (χ3v) is 3.32. The maximum atomic E-state index is 12.3. The second-order valence-corrected chi connectivity index (χ2v) is 4.39. The topological polar surface area (TPSA) is 70.7 Å². The van der Waals surface area contributed by atoms with E-state index in [4.69, 9.17) is 4.74 Å². The Labute approximate surface area is 101 Å². The van der Waals surface area contributed by atoms with Crippen molar-refractivity contribution in [1.82, 2.24) is 15.5 Å². The number of hydrogen-bond donors (Lipinski definition) is 2. The number of nitrogens with one attached hydrogen (secondary N) is 2. The van der Waals surface area contributed by atoms with Crippen LogP contribution in [0.5, 0.6) is 0 Å². The van der Waals surface area contributed by atoms with Crippen molar-refractivity contribution in [1.29, 1.82) is 0 Å². The second-order valence-electron chi connectivity index (χ2n) is 4.39. The molecule has 96 valence electrons. The van der Waals surface area contributed by atoms with Crippen LogP contribution in [0.4, 0.5) is 0 Å². The van der Waals surface area contributed by atoms with E-state index in [2.05, 4.69) is 10.6 Å². The maximum absolute atomic E-state index is 12.3. The van der Waals surface area contributed by atoms with E-state index in [1.807, 2.05) is 0 Å². The normalized spacial score (nSPS) is 29.1. The van der Waals surface area contributed by atoms with E-state index in [9.17, 15) is 9.59 Å². The Balaban J connectivity index is 2.04. The fourth-order valence-electron chi connectivity index (χ4n) is 2.35. The average Bonchev–Trinajstić information content (AvgIpc) is 2.91. The number of likely N-dealkylation sites (N-methyl/N-ethyl adjacent to an activating group) is 1. The van der Waals surface area contributed by atoms with Gasteiger partial charge in [0.2, 0.25) is 11.8 Å². The number of ether oxygens (including phenoxy) is 1. The zero-order valence-corrected chi connectivity index (χ0v) is 10.1. The van der Waals surface area contributed by atoms with Gasteiger partial charge in [-0.25, -0.2) is 0 Å². The number of carbonyl (C=O) groups excluding carboxylic acids is 2. The SMILES string of the molecule is CNC(=O)C1COCCN1C(=O)[C@H]1CCCN1. The summed E-state index contributed by atoms with van der Waals surface area (Å²) in [5, 5.41) is 5.74. The minimum atomic E-state index is -0.483. The molecule has 1 unspecified atom stereocenters. The molecule has 0 bridgehead atoms. The van der Waals surface area contributed by atoms with Crippen molar-refractivity contribution in [3.8, 4) is 0 Å². The number of hydrogen-bond acceptors (Lipinski definition) is 4. The summed E-state index contributed by atoms with van der Waals surface area (Å²) in [6.07, 6.45) is 1.88. The van der Waals surface area contributed by atoms with E-state index < -0.39 is 6.04 Å². The molecule has 0 saturated carbocycles. The van der Waals surface area contributed by atoms with E-state index in [-0.39, 0.29) is 24.5 Å². The minimum Gasteiger partial charge on any atom is -0.377 e. The zero-order chi connectivity index (χ0) is 12.3. The highest BCUT2D eigenvalue weighted by molar-refractivity contribution is 5.90. The standard InChI is InChI=1S/C11H19N3O3/c1-12-10(15)9-7-17-6-5-14(9)11(16)8-3-2-4-13-8/h8-9,13H,2-7H2,1H3,(H,12,15)/t8-,9?/m1/s1. The lowest BCUT2D eigenvalue weighted by Crippen LogP contribution is -2.58. The molecule has 2 heterocycles. The number of morpholine rings is 1. The van der Waals surface area contributed by atoms with Gasteiger partial charge in [-0.05, 0) is 19.4 Å². The molecule has 2 fully saturated rings. The molecule has 2 rings (SSSR count). The third-order valence-electron chi connectivity index (χ3n) is 3.32. The predicted molar refractivity (Wildman–Crippen MR) is 61.4 cm³/mol. The smallest absolute Gasteiger partial charge is 0.244 e. The first-order valence-corrected chi connectivity index (χ1v) is 6.07. The highest BCUT2D eigenvalue weighted by Gasteiger charge is 2.36. The van der Waals surface area contributed by atoms with Crippen molar-refractivity contribution in [3.63, 3.8) is 0 Å². The van der Waals surface area contributed by atoms with E-state index in [1.165, 1.54) is 0 Å². The first-order valence-electron chi connectivity index (χ1n) is 6.07. The van der Waals surface area contributed by atoms with Crippen molar-refractivity contribution in [2.24, 2.45) is 0 Å². The maximum Gasteiger partial charge on any atom is 0.244 e. The largest absolute Gasteiger partial charge is 0.377 e. The average molecular weight is 241 g/mol. The monoisotopic (exact) mass is 241 g/mol. The summed E-state index contributed by atoms with van der Waals surface area (Å²) in [5.41, 5.74) is 0. The molecule has 2 aliphatic heterocycles. The molecule has 2 aliphatic rings. The van der Waals surface area contributed by atoms with Gasteiger partial charge >= 0.3 is 0 Å². The van der Waals surface area contributed by atoms with Gasteiger partial charge in [-0.3, -0.25) is 9.59 Å². The molecule has 6 nitrogen and oxygen atoms in total. The Morgan fingerprint density at radius 2 is 2.29 bits per heavy atom. The number of amides is 2. The molecule has 2 atom stereocenters. The van der Waals surface area contributed by atoms with Crippen LogP contribution in [0.15, 0.2) is 0 Å². The molecule has 0 spiro atoms. The summed E-state index contributed by atoms with van der Waals surface area (Å²) in [6, 6.07) is -0.607. The molecule has 0 aromatic heterocycles. The van der Waals surface area contributed by atoms with Gasteiger partial charge in [0.1, 0.15) is 6.04 Å². The third kappa shape index (κ3) is 2.58. The number of nitrogens with zero attached hydrogens (tertiary/aromatic N) is 1. The van der Waals surface area contributed by atoms with Gasteiger partial charge in [0.25, 0.3) is 0 Å². The summed E-state index contributed by atoms with van der Waals surface area (Å²) in [5.74, 6) is -0.129. The van der Waals surface area contributed by atoms with E-state index in [0.29, 0.717) is 13.2 Å². The van der Waals surface area contributed by atoms with Crippen LogP contribution in [0, 0.1) is 0 Å². The summed E-state index contributed by atoms with van der Waals surface area (Å²) in [7, 11) is 1.58. The Bertz CT molecular complexity index is 302. The van der Waals surface area contributed by atoms with Crippen LogP contribution in [-0.2, 0) is 14.3 Å².